The zero-order valence-corrected chi connectivity index (χ0v) is 18.8. The Morgan fingerprint density at radius 1 is 1.31 bits per heavy atom. The first kappa shape index (κ1) is 21.9. The molecule has 29 heavy (non-hydrogen) atoms. The molecule has 2 fully saturated rings. The van der Waals surface area contributed by atoms with Crippen molar-refractivity contribution in [1.82, 2.24) is 9.80 Å². The van der Waals surface area contributed by atoms with Crippen molar-refractivity contribution in [2.45, 2.75) is 44.9 Å². The lowest BCUT2D eigenvalue weighted by Gasteiger charge is -2.29. The summed E-state index contributed by atoms with van der Waals surface area (Å²) in [5.74, 6) is 2.18. The van der Waals surface area contributed by atoms with Gasteiger partial charge in [0.2, 0.25) is 5.91 Å². The van der Waals surface area contributed by atoms with Gasteiger partial charge in [0.25, 0.3) is 0 Å². The smallest absolute Gasteiger partial charge is 0.411 e. The van der Waals surface area contributed by atoms with Gasteiger partial charge in [-0.25, -0.2) is 4.79 Å². The van der Waals surface area contributed by atoms with Crippen LogP contribution in [-0.2, 0) is 9.53 Å². The molecule has 0 bridgehead atoms. The van der Waals surface area contributed by atoms with E-state index >= 15 is 0 Å². The zero-order valence-electron chi connectivity index (χ0n) is 17.2. The molecule has 2 atom stereocenters. The van der Waals surface area contributed by atoms with Crippen molar-refractivity contribution in [3.63, 3.8) is 0 Å². The van der Waals surface area contributed by atoms with Gasteiger partial charge in [0.15, 0.2) is 0 Å². The lowest BCUT2D eigenvalue weighted by Crippen LogP contribution is -2.48. The van der Waals surface area contributed by atoms with Crippen LogP contribution >= 0.6 is 23.4 Å². The molecule has 1 aromatic rings. The third-order valence-corrected chi connectivity index (χ3v) is 6.06. The van der Waals surface area contributed by atoms with Gasteiger partial charge in [-0.2, -0.15) is 0 Å². The van der Waals surface area contributed by atoms with Gasteiger partial charge in [-0.1, -0.05) is 11.6 Å². The number of carbonyl (C=O) groups excluding carboxylic acids is 2. The normalized spacial score (nSPS) is 22.0. The number of thioether (sulfide) groups is 1. The standard InChI is InChI=1S/C20H28ClN3O4S/c1-20(2,3)28-19(26)24-11-14(10-16(24)18(25)23-7-8-29-12-23)22-13-5-6-17(27-4)15(21)9-13/h5-6,9,14,16,22H,7-8,10-12H2,1-4H3/t14-,16-/m0/s1. The number of nitrogens with zero attached hydrogens (tertiary/aromatic N) is 2. The summed E-state index contributed by atoms with van der Waals surface area (Å²) in [4.78, 5) is 29.2. The number of benzene rings is 1. The molecule has 0 radical (unpaired) electrons. The Morgan fingerprint density at radius 3 is 2.66 bits per heavy atom. The van der Waals surface area contributed by atoms with Crippen LogP contribution in [0, 0.1) is 0 Å². The molecule has 2 aliphatic rings. The van der Waals surface area contributed by atoms with Gasteiger partial charge in [0, 0.05) is 30.6 Å². The number of methoxy groups -OCH3 is 1. The first-order valence-corrected chi connectivity index (χ1v) is 11.2. The van der Waals surface area contributed by atoms with E-state index in [0.717, 1.165) is 11.4 Å². The Balaban J connectivity index is 1.75. The molecular weight excluding hydrogens is 414 g/mol. The summed E-state index contributed by atoms with van der Waals surface area (Å²) in [6.45, 7) is 6.57. The summed E-state index contributed by atoms with van der Waals surface area (Å²) >= 11 is 7.94. The van der Waals surface area contributed by atoms with Crippen molar-refractivity contribution in [2.75, 3.05) is 37.1 Å². The fourth-order valence-electron chi connectivity index (χ4n) is 3.49. The molecule has 0 saturated carbocycles. The molecular formula is C20H28ClN3O4S. The van der Waals surface area contributed by atoms with Crippen LogP contribution in [0.3, 0.4) is 0 Å². The quantitative estimate of drug-likeness (QED) is 0.768. The van der Waals surface area contributed by atoms with Gasteiger partial charge in [-0.3, -0.25) is 9.69 Å². The molecule has 160 valence electrons. The van der Waals surface area contributed by atoms with Gasteiger partial charge in [-0.05, 0) is 45.4 Å². The van der Waals surface area contributed by atoms with E-state index in [1.807, 2.05) is 31.7 Å². The second-order valence-electron chi connectivity index (χ2n) is 8.21. The number of anilines is 1. The molecule has 0 spiro atoms. The minimum atomic E-state index is -0.622. The van der Waals surface area contributed by atoms with Crippen molar-refractivity contribution < 1.29 is 19.1 Å². The molecule has 3 rings (SSSR count). The molecule has 2 amide bonds. The summed E-state index contributed by atoms with van der Waals surface area (Å²) in [7, 11) is 1.57. The van der Waals surface area contributed by atoms with Crippen LogP contribution in [0.15, 0.2) is 18.2 Å². The van der Waals surface area contributed by atoms with Crippen molar-refractivity contribution in [3.05, 3.63) is 23.2 Å². The number of carbonyl (C=O) groups is 2. The summed E-state index contributed by atoms with van der Waals surface area (Å²) in [5, 5.41) is 3.89. The first-order chi connectivity index (χ1) is 13.7. The highest BCUT2D eigenvalue weighted by Crippen LogP contribution is 2.30. The Kier molecular flexibility index (Phi) is 6.73. The Bertz CT molecular complexity index is 765. The summed E-state index contributed by atoms with van der Waals surface area (Å²) in [6, 6.07) is 4.82. The van der Waals surface area contributed by atoms with Crippen molar-refractivity contribution in [2.24, 2.45) is 0 Å². The highest BCUT2D eigenvalue weighted by atomic mass is 35.5. The molecule has 1 N–H and O–H groups in total. The number of hydrogen-bond acceptors (Lipinski definition) is 6. The maximum atomic E-state index is 13.1. The highest BCUT2D eigenvalue weighted by molar-refractivity contribution is 7.99. The number of ether oxygens (including phenoxy) is 2. The number of rotatable bonds is 4. The number of likely N-dealkylation sites (tertiary alicyclic amines) is 1. The Labute approximate surface area is 181 Å². The fourth-order valence-corrected chi connectivity index (χ4v) is 4.70. The summed E-state index contributed by atoms with van der Waals surface area (Å²) in [5.41, 5.74) is 0.193. The third kappa shape index (κ3) is 5.42. The predicted molar refractivity (Wildman–Crippen MR) is 116 cm³/mol. The van der Waals surface area contributed by atoms with Gasteiger partial charge < -0.3 is 19.7 Å². The maximum Gasteiger partial charge on any atom is 0.411 e. The van der Waals surface area contributed by atoms with Crippen LogP contribution in [0.4, 0.5) is 10.5 Å². The SMILES string of the molecule is COc1ccc(N[C@H]2C[C@@H](C(=O)N3CCSC3)N(C(=O)OC(C)(C)C)C2)cc1Cl. The van der Waals surface area contributed by atoms with Crippen LogP contribution in [0.2, 0.25) is 5.02 Å². The van der Waals surface area contributed by atoms with Crippen LogP contribution < -0.4 is 10.1 Å². The van der Waals surface area contributed by atoms with E-state index in [-0.39, 0.29) is 11.9 Å². The van der Waals surface area contributed by atoms with Gasteiger partial charge in [-0.15, -0.1) is 11.8 Å². The summed E-state index contributed by atoms with van der Waals surface area (Å²) in [6.07, 6.45) is 0.0582. The van der Waals surface area contributed by atoms with E-state index in [9.17, 15) is 9.59 Å². The molecule has 2 aliphatic heterocycles. The zero-order chi connectivity index (χ0) is 21.2. The minimum Gasteiger partial charge on any atom is -0.495 e. The van der Waals surface area contributed by atoms with Gasteiger partial charge in [0.05, 0.1) is 18.0 Å². The number of amides is 2. The molecule has 1 aromatic carbocycles. The van der Waals surface area contributed by atoms with E-state index in [1.54, 1.807) is 35.9 Å². The van der Waals surface area contributed by atoms with Crippen molar-refractivity contribution >= 4 is 41.1 Å². The second kappa shape index (κ2) is 8.92. The largest absolute Gasteiger partial charge is 0.495 e. The number of halogens is 1. The van der Waals surface area contributed by atoms with Crippen molar-refractivity contribution in [3.8, 4) is 5.75 Å². The molecule has 7 nitrogen and oxygen atoms in total. The third-order valence-electron chi connectivity index (χ3n) is 4.80. The van der Waals surface area contributed by atoms with Crippen LogP contribution in [0.5, 0.6) is 5.75 Å². The molecule has 0 unspecified atom stereocenters. The van der Waals surface area contributed by atoms with E-state index < -0.39 is 17.7 Å². The average Bonchev–Trinajstić information content (AvgIpc) is 3.30. The number of hydrogen-bond donors (Lipinski definition) is 1. The second-order valence-corrected chi connectivity index (χ2v) is 9.70. The lowest BCUT2D eigenvalue weighted by molar-refractivity contribution is -0.134. The summed E-state index contributed by atoms with van der Waals surface area (Å²) < 4.78 is 10.7. The number of nitrogens with one attached hydrogen (secondary N) is 1. The first-order valence-electron chi connectivity index (χ1n) is 9.64. The van der Waals surface area contributed by atoms with Crippen LogP contribution in [0.1, 0.15) is 27.2 Å². The Morgan fingerprint density at radius 2 is 2.07 bits per heavy atom. The maximum absolute atomic E-state index is 13.1. The lowest BCUT2D eigenvalue weighted by atomic mass is 10.1. The average molecular weight is 442 g/mol. The van der Waals surface area contributed by atoms with E-state index in [2.05, 4.69) is 5.32 Å². The topological polar surface area (TPSA) is 71.1 Å². The van der Waals surface area contributed by atoms with E-state index in [0.29, 0.717) is 36.2 Å². The molecule has 2 heterocycles. The fraction of sp³-hybridized carbons (Fsp3) is 0.600. The van der Waals surface area contributed by atoms with Crippen molar-refractivity contribution in [1.29, 1.82) is 0 Å². The monoisotopic (exact) mass is 441 g/mol. The highest BCUT2D eigenvalue weighted by Gasteiger charge is 2.43. The molecule has 0 aromatic heterocycles. The van der Waals surface area contributed by atoms with Crippen LogP contribution in [-0.4, -0.2) is 71.3 Å². The predicted octanol–water partition coefficient (Wildman–Crippen LogP) is 3.67. The van der Waals surface area contributed by atoms with Gasteiger partial charge >= 0.3 is 6.09 Å². The Hall–Kier alpha value is -1.80. The molecule has 2 saturated heterocycles. The van der Waals surface area contributed by atoms with Gasteiger partial charge in [0.1, 0.15) is 17.4 Å². The van der Waals surface area contributed by atoms with E-state index in [4.69, 9.17) is 21.1 Å². The molecule has 9 heteroatoms. The minimum absolute atomic E-state index is 0.0158. The molecule has 0 aliphatic carbocycles. The van der Waals surface area contributed by atoms with E-state index in [1.165, 1.54) is 0 Å². The van der Waals surface area contributed by atoms with Crippen LogP contribution in [0.25, 0.3) is 0 Å².